The van der Waals surface area contributed by atoms with Crippen LogP contribution in [-0.2, 0) is 22.0 Å². The predicted octanol–water partition coefficient (Wildman–Crippen LogP) is 1.96. The first-order valence-electron chi connectivity index (χ1n) is 9.93. The molecule has 2 aromatic heterocycles. The highest BCUT2D eigenvalue weighted by molar-refractivity contribution is 7.89. The third kappa shape index (κ3) is 3.24. The average Bonchev–Trinajstić information content (AvgIpc) is 3.41. The lowest BCUT2D eigenvalue weighted by Gasteiger charge is -2.44. The molecule has 0 aromatic carbocycles. The van der Waals surface area contributed by atoms with Crippen molar-refractivity contribution in [1.29, 1.82) is 0 Å². The number of nitrogens with one attached hydrogen (secondary N) is 1. The lowest BCUT2D eigenvalue weighted by molar-refractivity contribution is 0.148. The van der Waals surface area contributed by atoms with Crippen molar-refractivity contribution in [1.82, 2.24) is 19.6 Å². The smallest absolute Gasteiger partial charge is 0.243 e. The van der Waals surface area contributed by atoms with Gasteiger partial charge < -0.3 is 4.90 Å². The molecule has 1 N–H and O–H groups in total. The molecular formula is C19H25N5O2S2. The normalized spacial score (nSPS) is 23.8. The van der Waals surface area contributed by atoms with Crippen molar-refractivity contribution in [3.05, 3.63) is 34.3 Å². The first-order valence-corrected chi connectivity index (χ1v) is 12.3. The van der Waals surface area contributed by atoms with Crippen LogP contribution < -0.4 is 9.62 Å². The fourth-order valence-electron chi connectivity index (χ4n) is 4.58. The second kappa shape index (κ2) is 7.05. The van der Waals surface area contributed by atoms with Crippen LogP contribution in [-0.4, -0.2) is 56.0 Å². The number of hydrogen-bond acceptors (Lipinski definition) is 7. The fourth-order valence-corrected chi connectivity index (χ4v) is 6.65. The number of nitrogens with zero attached hydrogens (tertiary/aromatic N) is 4. The third-order valence-corrected chi connectivity index (χ3v) is 8.56. The summed E-state index contributed by atoms with van der Waals surface area (Å²) < 4.78 is 28.0. The van der Waals surface area contributed by atoms with Gasteiger partial charge in [0.15, 0.2) is 0 Å². The van der Waals surface area contributed by atoms with Crippen molar-refractivity contribution >= 4 is 27.3 Å². The van der Waals surface area contributed by atoms with Crippen molar-refractivity contribution in [2.24, 2.45) is 0 Å². The minimum Gasteiger partial charge on any atom is -0.341 e. The molecule has 7 nitrogen and oxygen atoms in total. The largest absolute Gasteiger partial charge is 0.341 e. The summed E-state index contributed by atoms with van der Waals surface area (Å²) in [6.07, 6.45) is 5.62. The summed E-state index contributed by atoms with van der Waals surface area (Å²) in [5.74, 6) is 0.689. The van der Waals surface area contributed by atoms with Crippen LogP contribution in [0.4, 0.5) is 5.95 Å². The second-order valence-corrected chi connectivity index (χ2v) is 10.8. The van der Waals surface area contributed by atoms with Crippen molar-refractivity contribution < 1.29 is 8.42 Å². The van der Waals surface area contributed by atoms with E-state index in [1.807, 2.05) is 0 Å². The van der Waals surface area contributed by atoms with Gasteiger partial charge in [-0.05, 0) is 50.2 Å². The van der Waals surface area contributed by atoms with Gasteiger partial charge in [-0.3, -0.25) is 4.90 Å². The van der Waals surface area contributed by atoms with Gasteiger partial charge in [0.2, 0.25) is 16.0 Å². The summed E-state index contributed by atoms with van der Waals surface area (Å²) in [5, 5.41) is 2.11. The molecule has 9 heteroatoms. The van der Waals surface area contributed by atoms with E-state index in [-0.39, 0.29) is 10.3 Å². The van der Waals surface area contributed by atoms with E-state index in [1.165, 1.54) is 11.1 Å². The number of sulfonamides is 1. The molecule has 3 aliphatic heterocycles. The van der Waals surface area contributed by atoms with Crippen molar-refractivity contribution in [2.45, 2.75) is 42.5 Å². The molecule has 5 rings (SSSR count). The Balaban J connectivity index is 1.44. The quantitative estimate of drug-likeness (QED) is 0.820. The number of rotatable bonds is 3. The molecule has 0 amide bonds. The molecule has 150 valence electrons. The fraction of sp³-hybridized carbons (Fsp3) is 0.579. The maximum atomic E-state index is 12.6. The number of thiophene rings is 1. The molecule has 0 radical (unpaired) electrons. The Morgan fingerprint density at radius 1 is 1.18 bits per heavy atom. The third-order valence-electron chi connectivity index (χ3n) is 6.30. The highest BCUT2D eigenvalue weighted by Crippen LogP contribution is 2.41. The van der Waals surface area contributed by atoms with E-state index < -0.39 is 10.0 Å². The van der Waals surface area contributed by atoms with Gasteiger partial charge in [0, 0.05) is 36.5 Å². The molecule has 0 aliphatic carbocycles. The molecule has 2 fully saturated rings. The monoisotopic (exact) mass is 419 g/mol. The van der Waals surface area contributed by atoms with Gasteiger partial charge in [0.05, 0.1) is 11.9 Å². The first-order chi connectivity index (χ1) is 13.6. The molecule has 0 bridgehead atoms. The Morgan fingerprint density at radius 2 is 1.96 bits per heavy atom. The van der Waals surface area contributed by atoms with E-state index in [9.17, 15) is 8.42 Å². The van der Waals surface area contributed by atoms with Crippen molar-refractivity contribution in [3.63, 3.8) is 0 Å². The van der Waals surface area contributed by atoms with Gasteiger partial charge >= 0.3 is 0 Å². The topological polar surface area (TPSA) is 78.4 Å². The summed E-state index contributed by atoms with van der Waals surface area (Å²) in [6, 6.07) is 4.27. The van der Waals surface area contributed by atoms with E-state index in [0.29, 0.717) is 12.5 Å². The molecule has 3 aliphatic rings. The number of fused-ring (bicyclic) bond motifs is 2. The highest BCUT2D eigenvalue weighted by Gasteiger charge is 2.46. The van der Waals surface area contributed by atoms with Gasteiger partial charge in [-0.1, -0.05) is 6.07 Å². The summed E-state index contributed by atoms with van der Waals surface area (Å²) in [4.78, 5) is 15.5. The summed E-state index contributed by atoms with van der Waals surface area (Å²) in [6.45, 7) is 5.20. The number of likely N-dealkylation sites (tertiary alicyclic amines) is 1. The molecule has 0 saturated carbocycles. The highest BCUT2D eigenvalue weighted by atomic mass is 32.2. The van der Waals surface area contributed by atoms with Gasteiger partial charge in [-0.25, -0.2) is 23.1 Å². The van der Waals surface area contributed by atoms with E-state index in [4.69, 9.17) is 4.98 Å². The molecule has 5 heterocycles. The minimum atomic E-state index is -3.52. The van der Waals surface area contributed by atoms with Crippen molar-refractivity contribution in [3.8, 4) is 0 Å². The van der Waals surface area contributed by atoms with Crippen LogP contribution in [0.3, 0.4) is 0 Å². The van der Waals surface area contributed by atoms with Gasteiger partial charge in [-0.2, -0.15) is 0 Å². The van der Waals surface area contributed by atoms with Crippen LogP contribution in [0.25, 0.3) is 0 Å². The lowest BCUT2D eigenvalue weighted by Crippen LogP contribution is -2.53. The second-order valence-electron chi connectivity index (χ2n) is 8.04. The molecular weight excluding hydrogens is 394 g/mol. The number of aromatic nitrogens is 2. The van der Waals surface area contributed by atoms with Crippen molar-refractivity contribution in [2.75, 3.05) is 37.6 Å². The molecule has 28 heavy (non-hydrogen) atoms. The lowest BCUT2D eigenvalue weighted by atomic mass is 9.75. The SMILES string of the molecule is O=S1(=O)NCC2(CCN(Cc3cccs3)CC2)c2nc(N3CCCC3)ncc21. The zero-order chi connectivity index (χ0) is 19.2. The Hall–Kier alpha value is -1.55. The zero-order valence-corrected chi connectivity index (χ0v) is 17.4. The van der Waals surface area contributed by atoms with Crippen LogP contribution in [0, 0.1) is 0 Å². The standard InChI is InChI=1S/C19H25N5O2S2/c25-28(26)16-12-20-18(24-7-1-2-8-24)22-17(16)19(14-21-28)5-9-23(10-6-19)13-15-4-3-11-27-15/h3-4,11-12,21H,1-2,5-10,13-14H2. The van der Waals surface area contributed by atoms with Gasteiger partial charge in [0.25, 0.3) is 0 Å². The van der Waals surface area contributed by atoms with E-state index in [0.717, 1.165) is 64.1 Å². The van der Waals surface area contributed by atoms with Gasteiger partial charge in [-0.15, -0.1) is 11.3 Å². The number of anilines is 1. The van der Waals surface area contributed by atoms with Crippen LogP contribution in [0.1, 0.15) is 36.3 Å². The van der Waals surface area contributed by atoms with E-state index in [1.54, 1.807) is 11.3 Å². The predicted molar refractivity (Wildman–Crippen MR) is 109 cm³/mol. The molecule has 2 aromatic rings. The Kier molecular flexibility index (Phi) is 4.65. The molecule has 1 spiro atoms. The maximum absolute atomic E-state index is 12.6. The Bertz CT molecular complexity index is 947. The Morgan fingerprint density at radius 3 is 2.68 bits per heavy atom. The van der Waals surface area contributed by atoms with Crippen LogP contribution in [0.15, 0.2) is 28.6 Å². The first kappa shape index (κ1) is 18.5. The minimum absolute atomic E-state index is 0.232. The molecule has 2 saturated heterocycles. The molecule has 0 atom stereocenters. The number of hydrogen-bond donors (Lipinski definition) is 1. The summed E-state index contributed by atoms with van der Waals surface area (Å²) in [5.41, 5.74) is 0.503. The van der Waals surface area contributed by atoms with Crippen LogP contribution >= 0.6 is 11.3 Å². The Labute approximate surface area is 169 Å². The van der Waals surface area contributed by atoms with E-state index in [2.05, 4.69) is 37.0 Å². The maximum Gasteiger partial charge on any atom is 0.243 e. The van der Waals surface area contributed by atoms with Crippen LogP contribution in [0.2, 0.25) is 0 Å². The zero-order valence-electron chi connectivity index (χ0n) is 15.8. The average molecular weight is 420 g/mol. The van der Waals surface area contributed by atoms with Crippen LogP contribution in [0.5, 0.6) is 0 Å². The number of piperidine rings is 1. The van der Waals surface area contributed by atoms with Gasteiger partial charge in [0.1, 0.15) is 4.90 Å². The summed E-state index contributed by atoms with van der Waals surface area (Å²) >= 11 is 1.79. The van der Waals surface area contributed by atoms with E-state index >= 15 is 0 Å². The summed E-state index contributed by atoms with van der Waals surface area (Å²) in [7, 11) is -3.52. The molecule has 0 unspecified atom stereocenters.